The minimum absolute atomic E-state index is 0.298. The van der Waals surface area contributed by atoms with Crippen LogP contribution in [0.1, 0.15) is 39.3 Å². The van der Waals surface area contributed by atoms with Crippen LogP contribution >= 0.6 is 11.3 Å². The molecule has 1 N–H and O–H groups in total. The highest BCUT2D eigenvalue weighted by molar-refractivity contribution is 7.13. The highest BCUT2D eigenvalue weighted by atomic mass is 32.1. The third kappa shape index (κ3) is 4.17. The molecule has 1 fully saturated rings. The Morgan fingerprint density at radius 1 is 1.26 bits per heavy atom. The Morgan fingerprint density at radius 3 is 2.89 bits per heavy atom. The first-order chi connectivity index (χ1) is 13.2. The van der Waals surface area contributed by atoms with Crippen LogP contribution in [0.5, 0.6) is 0 Å². The van der Waals surface area contributed by atoms with Crippen LogP contribution in [0, 0.1) is 5.82 Å². The summed E-state index contributed by atoms with van der Waals surface area (Å²) in [5, 5.41) is 12.0. The fourth-order valence-corrected chi connectivity index (χ4v) is 4.03. The van der Waals surface area contributed by atoms with Crippen molar-refractivity contribution in [3.63, 3.8) is 0 Å². The Bertz CT molecular complexity index is 915. The van der Waals surface area contributed by atoms with Gasteiger partial charge in [-0.25, -0.2) is 4.39 Å². The number of carbonyl (C=O) groups excluding carboxylic acids is 1. The van der Waals surface area contributed by atoms with E-state index in [1.54, 1.807) is 6.20 Å². The Hall–Kier alpha value is -2.71. The molecule has 0 bridgehead atoms. The van der Waals surface area contributed by atoms with E-state index in [1.807, 2.05) is 12.3 Å². The van der Waals surface area contributed by atoms with E-state index in [2.05, 4.69) is 31.5 Å². The lowest BCUT2D eigenvalue weighted by Gasteiger charge is -2.23. The van der Waals surface area contributed by atoms with Gasteiger partial charge in [0.2, 0.25) is 5.01 Å². The normalized spacial score (nSPS) is 17.1. The largest absolute Gasteiger partial charge is 0.320 e. The summed E-state index contributed by atoms with van der Waals surface area (Å²) >= 11 is 1.28. The van der Waals surface area contributed by atoms with Crippen LogP contribution in [0.15, 0.2) is 48.8 Å². The van der Waals surface area contributed by atoms with E-state index in [0.717, 1.165) is 24.4 Å². The monoisotopic (exact) mass is 383 g/mol. The molecule has 6 nitrogen and oxygen atoms in total. The van der Waals surface area contributed by atoms with E-state index in [9.17, 15) is 9.18 Å². The molecule has 1 saturated heterocycles. The topological polar surface area (TPSA) is 71.0 Å². The number of amides is 1. The van der Waals surface area contributed by atoms with Crippen molar-refractivity contribution in [2.75, 3.05) is 11.9 Å². The van der Waals surface area contributed by atoms with Gasteiger partial charge >= 0.3 is 0 Å². The minimum atomic E-state index is -0.347. The number of aromatic nitrogens is 3. The Kier molecular flexibility index (Phi) is 5.17. The van der Waals surface area contributed by atoms with E-state index in [0.29, 0.717) is 23.3 Å². The summed E-state index contributed by atoms with van der Waals surface area (Å²) in [6.45, 7) is 1.64. The second-order valence-corrected chi connectivity index (χ2v) is 7.44. The fraction of sp³-hybridized carbons (Fsp3) is 0.263. The fourth-order valence-electron chi connectivity index (χ4n) is 3.27. The maximum Gasteiger partial charge on any atom is 0.286 e. The molecular formula is C19H18FN5OS. The van der Waals surface area contributed by atoms with E-state index < -0.39 is 0 Å². The lowest BCUT2D eigenvalue weighted by atomic mass is 10.1. The Labute approximate surface area is 160 Å². The molecule has 27 heavy (non-hydrogen) atoms. The van der Waals surface area contributed by atoms with Crippen molar-refractivity contribution in [3.8, 4) is 0 Å². The molecule has 1 aliphatic heterocycles. The van der Waals surface area contributed by atoms with Crippen LogP contribution < -0.4 is 5.32 Å². The first-order valence-electron chi connectivity index (χ1n) is 8.72. The van der Waals surface area contributed by atoms with Crippen LogP contribution in [0.4, 0.5) is 10.1 Å². The SMILES string of the molecule is O=C(Nc1ccc(F)cc1)c1nnc(CN2CCC[C@@H]2c2cccnc2)s1. The summed E-state index contributed by atoms with van der Waals surface area (Å²) in [5.41, 5.74) is 1.73. The summed E-state index contributed by atoms with van der Waals surface area (Å²) in [6.07, 6.45) is 5.89. The zero-order valence-corrected chi connectivity index (χ0v) is 15.3. The molecule has 0 aliphatic carbocycles. The molecule has 1 amide bonds. The Morgan fingerprint density at radius 2 is 2.11 bits per heavy atom. The van der Waals surface area contributed by atoms with Gasteiger partial charge < -0.3 is 5.32 Å². The summed E-state index contributed by atoms with van der Waals surface area (Å²) < 4.78 is 13.0. The maximum absolute atomic E-state index is 13.0. The highest BCUT2D eigenvalue weighted by Gasteiger charge is 2.27. The molecule has 0 unspecified atom stereocenters. The molecule has 1 atom stereocenters. The van der Waals surface area contributed by atoms with Gasteiger partial charge in [-0.3, -0.25) is 14.7 Å². The lowest BCUT2D eigenvalue weighted by molar-refractivity contribution is 0.102. The van der Waals surface area contributed by atoms with Crippen molar-refractivity contribution in [1.29, 1.82) is 0 Å². The van der Waals surface area contributed by atoms with Crippen LogP contribution in [-0.4, -0.2) is 32.5 Å². The van der Waals surface area contributed by atoms with Gasteiger partial charge in [0.15, 0.2) is 0 Å². The average molecular weight is 383 g/mol. The predicted octanol–water partition coefficient (Wildman–Crippen LogP) is 3.66. The lowest BCUT2D eigenvalue weighted by Crippen LogP contribution is -2.22. The molecule has 4 rings (SSSR count). The summed E-state index contributed by atoms with van der Waals surface area (Å²) in [6, 6.07) is 9.99. The molecule has 138 valence electrons. The van der Waals surface area contributed by atoms with Gasteiger partial charge in [-0.15, -0.1) is 10.2 Å². The van der Waals surface area contributed by atoms with Gasteiger partial charge in [0, 0.05) is 24.1 Å². The third-order valence-corrected chi connectivity index (χ3v) is 5.44. The number of rotatable bonds is 5. The first-order valence-corrected chi connectivity index (χ1v) is 9.54. The molecule has 1 aliphatic rings. The standard InChI is InChI=1S/C19H18FN5OS/c20-14-5-7-15(8-6-14)22-18(26)19-24-23-17(27-19)12-25-10-2-4-16(25)13-3-1-9-21-11-13/h1,3,5-9,11,16H,2,4,10,12H2,(H,22,26)/t16-/m1/s1. The van der Waals surface area contributed by atoms with E-state index in [1.165, 1.54) is 41.2 Å². The molecule has 8 heteroatoms. The first kappa shape index (κ1) is 17.7. The minimum Gasteiger partial charge on any atom is -0.320 e. The smallest absolute Gasteiger partial charge is 0.286 e. The summed E-state index contributed by atoms with van der Waals surface area (Å²) in [5.74, 6) is -0.685. The number of hydrogen-bond acceptors (Lipinski definition) is 6. The van der Waals surface area contributed by atoms with Crippen LogP contribution in [-0.2, 0) is 6.54 Å². The molecule has 1 aromatic carbocycles. The van der Waals surface area contributed by atoms with Crippen molar-refractivity contribution in [1.82, 2.24) is 20.1 Å². The highest BCUT2D eigenvalue weighted by Crippen LogP contribution is 2.33. The Balaban J connectivity index is 1.41. The number of pyridine rings is 1. The number of benzene rings is 1. The van der Waals surface area contributed by atoms with Crippen molar-refractivity contribution in [3.05, 3.63) is 70.2 Å². The molecular weight excluding hydrogens is 365 g/mol. The van der Waals surface area contributed by atoms with E-state index in [-0.39, 0.29) is 11.7 Å². The van der Waals surface area contributed by atoms with Gasteiger partial charge in [-0.2, -0.15) is 0 Å². The predicted molar refractivity (Wildman–Crippen MR) is 101 cm³/mol. The molecule has 0 radical (unpaired) electrons. The van der Waals surface area contributed by atoms with Crippen molar-refractivity contribution >= 4 is 22.9 Å². The number of nitrogens with zero attached hydrogens (tertiary/aromatic N) is 4. The summed E-state index contributed by atoms with van der Waals surface area (Å²) in [4.78, 5) is 18.9. The zero-order chi connectivity index (χ0) is 18.6. The molecule has 3 heterocycles. The van der Waals surface area contributed by atoms with Crippen molar-refractivity contribution < 1.29 is 9.18 Å². The van der Waals surface area contributed by atoms with Crippen LogP contribution in [0.2, 0.25) is 0 Å². The zero-order valence-electron chi connectivity index (χ0n) is 14.5. The second-order valence-electron chi connectivity index (χ2n) is 6.38. The molecule has 0 saturated carbocycles. The van der Waals surface area contributed by atoms with Crippen molar-refractivity contribution in [2.24, 2.45) is 0 Å². The number of nitrogens with one attached hydrogen (secondary N) is 1. The molecule has 3 aromatic rings. The van der Waals surface area contributed by atoms with Gasteiger partial charge in [-0.05, 0) is 55.3 Å². The summed E-state index contributed by atoms with van der Waals surface area (Å²) in [7, 11) is 0. The average Bonchev–Trinajstić information content (AvgIpc) is 3.34. The number of carbonyl (C=O) groups is 1. The van der Waals surface area contributed by atoms with E-state index >= 15 is 0 Å². The molecule has 0 spiro atoms. The van der Waals surface area contributed by atoms with E-state index in [4.69, 9.17) is 0 Å². The van der Waals surface area contributed by atoms with Gasteiger partial charge in [-0.1, -0.05) is 17.4 Å². The van der Waals surface area contributed by atoms with Crippen molar-refractivity contribution in [2.45, 2.75) is 25.4 Å². The number of anilines is 1. The van der Waals surface area contributed by atoms with Gasteiger partial charge in [0.25, 0.3) is 5.91 Å². The van der Waals surface area contributed by atoms with Crippen LogP contribution in [0.25, 0.3) is 0 Å². The maximum atomic E-state index is 13.0. The van der Waals surface area contributed by atoms with Gasteiger partial charge in [0.1, 0.15) is 10.8 Å². The van der Waals surface area contributed by atoms with Gasteiger partial charge in [0.05, 0.1) is 6.54 Å². The number of halogens is 1. The number of likely N-dealkylation sites (tertiary alicyclic amines) is 1. The number of hydrogen-bond donors (Lipinski definition) is 1. The second kappa shape index (κ2) is 7.89. The molecule has 2 aromatic heterocycles. The third-order valence-electron chi connectivity index (χ3n) is 4.53. The van der Waals surface area contributed by atoms with Crippen LogP contribution in [0.3, 0.4) is 0 Å². The quantitative estimate of drug-likeness (QED) is 0.728.